The standard InChI is InChI=1S/C13H12ClNO2S/c1-8-5-9(14)3-4-11(8)13-15-7-10(18-13)6-12(16)17-2/h3-5,7H,6H2,1-2H3. The van der Waals surface area contributed by atoms with Crippen LogP contribution in [0.3, 0.4) is 0 Å². The van der Waals surface area contributed by atoms with Gasteiger partial charge in [-0.25, -0.2) is 4.98 Å². The summed E-state index contributed by atoms with van der Waals surface area (Å²) in [6.45, 7) is 1.99. The summed E-state index contributed by atoms with van der Waals surface area (Å²) in [5.41, 5.74) is 2.11. The molecule has 18 heavy (non-hydrogen) atoms. The number of aromatic nitrogens is 1. The van der Waals surface area contributed by atoms with E-state index in [9.17, 15) is 4.79 Å². The average molecular weight is 282 g/mol. The number of hydrogen-bond acceptors (Lipinski definition) is 4. The normalized spacial score (nSPS) is 10.4. The van der Waals surface area contributed by atoms with Gasteiger partial charge in [-0.3, -0.25) is 4.79 Å². The molecule has 0 aliphatic rings. The Kier molecular flexibility index (Phi) is 3.99. The Bertz CT molecular complexity index is 580. The predicted octanol–water partition coefficient (Wildman–Crippen LogP) is 3.49. The molecule has 0 N–H and O–H groups in total. The number of nitrogens with zero attached hydrogens (tertiary/aromatic N) is 1. The smallest absolute Gasteiger partial charge is 0.310 e. The topological polar surface area (TPSA) is 39.2 Å². The van der Waals surface area contributed by atoms with Crippen molar-refractivity contribution in [1.29, 1.82) is 0 Å². The van der Waals surface area contributed by atoms with Crippen LogP contribution in [0.25, 0.3) is 10.6 Å². The van der Waals surface area contributed by atoms with Crippen LogP contribution in [0.2, 0.25) is 5.02 Å². The highest BCUT2D eigenvalue weighted by Crippen LogP contribution is 2.29. The first kappa shape index (κ1) is 13.1. The lowest BCUT2D eigenvalue weighted by Crippen LogP contribution is -2.02. The molecule has 2 rings (SSSR count). The van der Waals surface area contributed by atoms with Crippen LogP contribution >= 0.6 is 22.9 Å². The molecular formula is C13H12ClNO2S. The number of methoxy groups -OCH3 is 1. The summed E-state index contributed by atoms with van der Waals surface area (Å²) < 4.78 is 4.63. The lowest BCUT2D eigenvalue weighted by Gasteiger charge is -2.02. The van der Waals surface area contributed by atoms with Crippen molar-refractivity contribution in [2.45, 2.75) is 13.3 Å². The van der Waals surface area contributed by atoms with E-state index in [-0.39, 0.29) is 12.4 Å². The highest BCUT2D eigenvalue weighted by molar-refractivity contribution is 7.15. The number of ether oxygens (including phenoxy) is 1. The number of halogens is 1. The number of thiazole rings is 1. The summed E-state index contributed by atoms with van der Waals surface area (Å²) in [4.78, 5) is 16.4. The summed E-state index contributed by atoms with van der Waals surface area (Å²) in [6, 6.07) is 5.68. The zero-order valence-corrected chi connectivity index (χ0v) is 11.6. The molecule has 0 aliphatic carbocycles. The minimum Gasteiger partial charge on any atom is -0.469 e. The van der Waals surface area contributed by atoms with Crippen LogP contribution < -0.4 is 0 Å². The average Bonchev–Trinajstić information content (AvgIpc) is 2.77. The summed E-state index contributed by atoms with van der Waals surface area (Å²) >= 11 is 7.41. The van der Waals surface area contributed by atoms with E-state index in [1.54, 1.807) is 6.20 Å². The first-order chi connectivity index (χ1) is 8.60. The van der Waals surface area contributed by atoms with Crippen LogP contribution in [-0.4, -0.2) is 18.1 Å². The number of carbonyl (C=O) groups is 1. The third-order valence-corrected chi connectivity index (χ3v) is 3.78. The highest BCUT2D eigenvalue weighted by Gasteiger charge is 2.10. The van der Waals surface area contributed by atoms with Crippen molar-refractivity contribution in [1.82, 2.24) is 4.98 Å². The number of rotatable bonds is 3. The molecule has 0 unspecified atom stereocenters. The van der Waals surface area contributed by atoms with Gasteiger partial charge < -0.3 is 4.74 Å². The van der Waals surface area contributed by atoms with Gasteiger partial charge in [0.25, 0.3) is 0 Å². The Morgan fingerprint density at radius 2 is 2.28 bits per heavy atom. The first-order valence-electron chi connectivity index (χ1n) is 5.38. The molecule has 0 saturated carbocycles. The minimum absolute atomic E-state index is 0.252. The summed E-state index contributed by atoms with van der Waals surface area (Å²) in [6.07, 6.45) is 1.98. The maximum atomic E-state index is 11.2. The van der Waals surface area contributed by atoms with Gasteiger partial charge in [0.15, 0.2) is 0 Å². The molecule has 1 heterocycles. The second-order valence-electron chi connectivity index (χ2n) is 3.84. The van der Waals surface area contributed by atoms with Crippen LogP contribution in [-0.2, 0) is 16.0 Å². The molecule has 1 aromatic heterocycles. The van der Waals surface area contributed by atoms with Gasteiger partial charge in [-0.15, -0.1) is 11.3 Å². The Hall–Kier alpha value is -1.39. The monoisotopic (exact) mass is 281 g/mol. The van der Waals surface area contributed by atoms with Gasteiger partial charge in [-0.05, 0) is 24.6 Å². The van der Waals surface area contributed by atoms with Gasteiger partial charge in [-0.2, -0.15) is 0 Å². The fourth-order valence-electron chi connectivity index (χ4n) is 1.60. The highest BCUT2D eigenvalue weighted by atomic mass is 35.5. The van der Waals surface area contributed by atoms with Gasteiger partial charge >= 0.3 is 5.97 Å². The zero-order valence-electron chi connectivity index (χ0n) is 10.1. The first-order valence-corrected chi connectivity index (χ1v) is 6.57. The van der Waals surface area contributed by atoms with E-state index in [4.69, 9.17) is 11.6 Å². The molecule has 94 valence electrons. The summed E-state index contributed by atoms with van der Waals surface area (Å²) in [5, 5.41) is 1.60. The van der Waals surface area contributed by atoms with Gasteiger partial charge in [0, 0.05) is 21.7 Å². The Morgan fingerprint density at radius 3 is 2.94 bits per heavy atom. The Labute approximate surface area is 114 Å². The molecule has 0 amide bonds. The molecule has 5 heteroatoms. The number of carbonyl (C=O) groups excluding carboxylic acids is 1. The molecule has 0 radical (unpaired) electrons. The summed E-state index contributed by atoms with van der Waals surface area (Å²) in [7, 11) is 1.38. The Balaban J connectivity index is 2.26. The number of benzene rings is 1. The molecule has 0 aliphatic heterocycles. The van der Waals surface area contributed by atoms with Crippen LogP contribution in [0.1, 0.15) is 10.4 Å². The third-order valence-electron chi connectivity index (χ3n) is 2.52. The van der Waals surface area contributed by atoms with Crippen molar-refractivity contribution in [2.75, 3.05) is 7.11 Å². The largest absolute Gasteiger partial charge is 0.469 e. The minimum atomic E-state index is -0.252. The molecule has 3 nitrogen and oxygen atoms in total. The van der Waals surface area contributed by atoms with Gasteiger partial charge in [0.05, 0.1) is 13.5 Å². The van der Waals surface area contributed by atoms with E-state index < -0.39 is 0 Å². The van der Waals surface area contributed by atoms with Crippen molar-refractivity contribution in [3.63, 3.8) is 0 Å². The SMILES string of the molecule is COC(=O)Cc1cnc(-c2ccc(Cl)cc2C)s1. The van der Waals surface area contributed by atoms with E-state index >= 15 is 0 Å². The van der Waals surface area contributed by atoms with Crippen LogP contribution in [0.15, 0.2) is 24.4 Å². The predicted molar refractivity (Wildman–Crippen MR) is 73.0 cm³/mol. The van der Waals surface area contributed by atoms with Crippen LogP contribution in [0.5, 0.6) is 0 Å². The van der Waals surface area contributed by atoms with E-state index in [1.807, 2.05) is 25.1 Å². The fraction of sp³-hybridized carbons (Fsp3) is 0.231. The molecule has 0 atom stereocenters. The summed E-state index contributed by atoms with van der Waals surface area (Å²) in [5.74, 6) is -0.252. The van der Waals surface area contributed by atoms with Crippen LogP contribution in [0.4, 0.5) is 0 Å². The van der Waals surface area contributed by atoms with Crippen molar-refractivity contribution >= 4 is 28.9 Å². The van der Waals surface area contributed by atoms with E-state index in [1.165, 1.54) is 18.4 Å². The van der Waals surface area contributed by atoms with Crippen molar-refractivity contribution in [3.8, 4) is 10.6 Å². The van der Waals surface area contributed by atoms with Gasteiger partial charge in [-0.1, -0.05) is 17.7 Å². The zero-order chi connectivity index (χ0) is 13.1. The Morgan fingerprint density at radius 1 is 1.50 bits per heavy atom. The van der Waals surface area contributed by atoms with Crippen molar-refractivity contribution in [2.24, 2.45) is 0 Å². The quantitative estimate of drug-likeness (QED) is 0.809. The lowest BCUT2D eigenvalue weighted by atomic mass is 10.1. The van der Waals surface area contributed by atoms with Crippen LogP contribution in [0, 0.1) is 6.92 Å². The van der Waals surface area contributed by atoms with E-state index in [0.717, 1.165) is 21.0 Å². The molecule has 0 fully saturated rings. The number of hydrogen-bond donors (Lipinski definition) is 0. The van der Waals surface area contributed by atoms with Gasteiger partial charge in [0.2, 0.25) is 0 Å². The third kappa shape index (κ3) is 2.89. The molecule has 1 aromatic carbocycles. The van der Waals surface area contributed by atoms with E-state index in [0.29, 0.717) is 5.02 Å². The lowest BCUT2D eigenvalue weighted by molar-refractivity contribution is -0.139. The second kappa shape index (κ2) is 5.50. The maximum Gasteiger partial charge on any atom is 0.310 e. The second-order valence-corrected chi connectivity index (χ2v) is 5.40. The fourth-order valence-corrected chi connectivity index (χ4v) is 2.81. The maximum absolute atomic E-state index is 11.2. The number of aryl methyl sites for hydroxylation is 1. The van der Waals surface area contributed by atoms with E-state index in [2.05, 4.69) is 9.72 Å². The molecule has 0 spiro atoms. The molecule has 0 saturated heterocycles. The number of esters is 1. The van der Waals surface area contributed by atoms with Crippen molar-refractivity contribution < 1.29 is 9.53 Å². The molecule has 2 aromatic rings. The molecule has 0 bridgehead atoms. The van der Waals surface area contributed by atoms with Gasteiger partial charge in [0.1, 0.15) is 5.01 Å². The van der Waals surface area contributed by atoms with Crippen molar-refractivity contribution in [3.05, 3.63) is 39.9 Å². The molecular weight excluding hydrogens is 270 g/mol.